The summed E-state index contributed by atoms with van der Waals surface area (Å²) in [5, 5.41) is 3.63. The molecule has 1 fully saturated rings. The first-order valence-corrected chi connectivity index (χ1v) is 6.80. The molecule has 100 valence electrons. The lowest BCUT2D eigenvalue weighted by Crippen LogP contribution is -2.24. The highest BCUT2D eigenvalue weighted by Gasteiger charge is 2.15. The van der Waals surface area contributed by atoms with E-state index in [-0.39, 0.29) is 0 Å². The number of benzene rings is 1. The average Bonchev–Trinajstić information content (AvgIpc) is 2.37. The Balaban J connectivity index is 2.15. The largest absolute Gasteiger partial charge is 0.493 e. The van der Waals surface area contributed by atoms with E-state index in [1.165, 1.54) is 37.7 Å². The van der Waals surface area contributed by atoms with Crippen molar-refractivity contribution in [2.45, 2.75) is 38.1 Å². The molecule has 1 saturated heterocycles. The summed E-state index contributed by atoms with van der Waals surface area (Å²) >= 11 is 0. The smallest absolute Gasteiger partial charge is 0.161 e. The first-order valence-electron chi connectivity index (χ1n) is 6.80. The molecule has 1 atom stereocenters. The fraction of sp³-hybridized carbons (Fsp3) is 0.600. The predicted octanol–water partition coefficient (Wildman–Crippen LogP) is 3.30. The van der Waals surface area contributed by atoms with Gasteiger partial charge in [-0.25, -0.2) is 0 Å². The van der Waals surface area contributed by atoms with Crippen molar-refractivity contribution in [2.75, 3.05) is 20.8 Å². The zero-order valence-electron chi connectivity index (χ0n) is 11.4. The van der Waals surface area contributed by atoms with E-state index in [1.807, 2.05) is 6.07 Å². The Bertz CT molecular complexity index is 371. The minimum Gasteiger partial charge on any atom is -0.493 e. The van der Waals surface area contributed by atoms with E-state index in [0.29, 0.717) is 6.04 Å². The van der Waals surface area contributed by atoms with Crippen molar-refractivity contribution in [3.8, 4) is 11.5 Å². The van der Waals surface area contributed by atoms with E-state index < -0.39 is 0 Å². The van der Waals surface area contributed by atoms with Crippen LogP contribution < -0.4 is 14.8 Å². The van der Waals surface area contributed by atoms with E-state index in [9.17, 15) is 0 Å². The SMILES string of the molecule is COc1ccc(C2CCCCCCN2)cc1OC. The maximum absolute atomic E-state index is 5.37. The first kappa shape index (κ1) is 13.2. The molecule has 0 saturated carbocycles. The topological polar surface area (TPSA) is 30.5 Å². The first-order chi connectivity index (χ1) is 8.85. The highest BCUT2D eigenvalue weighted by molar-refractivity contribution is 5.43. The molecule has 0 aliphatic carbocycles. The van der Waals surface area contributed by atoms with Crippen LogP contribution in [0.15, 0.2) is 18.2 Å². The molecule has 1 N–H and O–H groups in total. The van der Waals surface area contributed by atoms with Crippen LogP contribution in [0.1, 0.15) is 43.7 Å². The number of methoxy groups -OCH3 is 2. The van der Waals surface area contributed by atoms with Gasteiger partial charge in [0.25, 0.3) is 0 Å². The normalized spacial score (nSPS) is 20.9. The van der Waals surface area contributed by atoms with Gasteiger partial charge in [-0.15, -0.1) is 0 Å². The highest BCUT2D eigenvalue weighted by Crippen LogP contribution is 2.32. The lowest BCUT2D eigenvalue weighted by Gasteiger charge is -2.22. The number of ether oxygens (including phenoxy) is 2. The molecule has 0 aromatic heterocycles. The summed E-state index contributed by atoms with van der Waals surface area (Å²) < 4.78 is 10.6. The average molecular weight is 249 g/mol. The van der Waals surface area contributed by atoms with Crippen LogP contribution in [0.2, 0.25) is 0 Å². The van der Waals surface area contributed by atoms with Gasteiger partial charge in [-0.05, 0) is 37.1 Å². The molecule has 0 amide bonds. The van der Waals surface area contributed by atoms with Crippen molar-refractivity contribution < 1.29 is 9.47 Å². The maximum atomic E-state index is 5.37. The fourth-order valence-corrected chi connectivity index (χ4v) is 2.56. The summed E-state index contributed by atoms with van der Waals surface area (Å²) in [5.41, 5.74) is 1.30. The number of hydrogen-bond acceptors (Lipinski definition) is 3. The maximum Gasteiger partial charge on any atom is 0.161 e. The van der Waals surface area contributed by atoms with E-state index in [0.717, 1.165) is 18.0 Å². The van der Waals surface area contributed by atoms with E-state index in [4.69, 9.17) is 9.47 Å². The van der Waals surface area contributed by atoms with Crippen LogP contribution in [0.3, 0.4) is 0 Å². The van der Waals surface area contributed by atoms with Crippen LogP contribution in [-0.4, -0.2) is 20.8 Å². The molecule has 3 nitrogen and oxygen atoms in total. The quantitative estimate of drug-likeness (QED) is 0.891. The lowest BCUT2D eigenvalue weighted by atomic mass is 9.97. The molecule has 1 aliphatic rings. The lowest BCUT2D eigenvalue weighted by molar-refractivity contribution is 0.353. The second kappa shape index (κ2) is 6.64. The number of rotatable bonds is 3. The van der Waals surface area contributed by atoms with Crippen molar-refractivity contribution in [2.24, 2.45) is 0 Å². The third kappa shape index (κ3) is 3.16. The molecule has 2 rings (SSSR count). The minimum atomic E-state index is 0.449. The summed E-state index contributed by atoms with van der Waals surface area (Å²) in [5.74, 6) is 1.62. The van der Waals surface area contributed by atoms with Crippen LogP contribution in [0.5, 0.6) is 11.5 Å². The highest BCUT2D eigenvalue weighted by atomic mass is 16.5. The van der Waals surface area contributed by atoms with Crippen LogP contribution in [0, 0.1) is 0 Å². The molecule has 1 aromatic carbocycles. The van der Waals surface area contributed by atoms with Gasteiger partial charge in [0, 0.05) is 6.04 Å². The molecule has 0 spiro atoms. The van der Waals surface area contributed by atoms with Gasteiger partial charge in [0.05, 0.1) is 14.2 Å². The van der Waals surface area contributed by atoms with Crippen molar-refractivity contribution in [1.29, 1.82) is 0 Å². The molecule has 0 bridgehead atoms. The fourth-order valence-electron chi connectivity index (χ4n) is 2.56. The van der Waals surface area contributed by atoms with Crippen molar-refractivity contribution >= 4 is 0 Å². The van der Waals surface area contributed by atoms with Gasteiger partial charge in [-0.2, -0.15) is 0 Å². The third-order valence-electron chi connectivity index (χ3n) is 3.62. The Labute approximate surface area is 109 Å². The Kier molecular flexibility index (Phi) is 4.88. The monoisotopic (exact) mass is 249 g/mol. The van der Waals surface area contributed by atoms with Crippen molar-refractivity contribution in [3.05, 3.63) is 23.8 Å². The molecule has 1 aliphatic heterocycles. The van der Waals surface area contributed by atoms with Gasteiger partial charge in [-0.1, -0.05) is 25.3 Å². The second-order valence-corrected chi connectivity index (χ2v) is 4.82. The summed E-state index contributed by atoms with van der Waals surface area (Å²) in [7, 11) is 3.36. The predicted molar refractivity (Wildman–Crippen MR) is 73.4 cm³/mol. The Morgan fingerprint density at radius 2 is 1.78 bits per heavy atom. The molecule has 1 aromatic rings. The molecule has 3 heteroatoms. The van der Waals surface area contributed by atoms with Crippen LogP contribution >= 0.6 is 0 Å². The molecular weight excluding hydrogens is 226 g/mol. The van der Waals surface area contributed by atoms with Crippen LogP contribution in [0.4, 0.5) is 0 Å². The van der Waals surface area contributed by atoms with E-state index in [1.54, 1.807) is 14.2 Å². The Morgan fingerprint density at radius 3 is 2.56 bits per heavy atom. The van der Waals surface area contributed by atoms with Gasteiger partial charge in [0.1, 0.15) is 0 Å². The second-order valence-electron chi connectivity index (χ2n) is 4.82. The van der Waals surface area contributed by atoms with Gasteiger partial charge >= 0.3 is 0 Å². The number of hydrogen-bond donors (Lipinski definition) is 1. The van der Waals surface area contributed by atoms with E-state index >= 15 is 0 Å². The zero-order valence-corrected chi connectivity index (χ0v) is 11.4. The standard InChI is InChI=1S/C15H23NO2/c1-17-14-9-8-12(11-15(14)18-2)13-7-5-3-4-6-10-16-13/h8-9,11,13,16H,3-7,10H2,1-2H3. The molecule has 1 heterocycles. The zero-order chi connectivity index (χ0) is 12.8. The van der Waals surface area contributed by atoms with Gasteiger partial charge < -0.3 is 14.8 Å². The van der Waals surface area contributed by atoms with Gasteiger partial charge in [0.15, 0.2) is 11.5 Å². The summed E-state index contributed by atoms with van der Waals surface area (Å²) in [6, 6.07) is 6.68. The third-order valence-corrected chi connectivity index (χ3v) is 3.62. The minimum absolute atomic E-state index is 0.449. The van der Waals surface area contributed by atoms with Crippen LogP contribution in [-0.2, 0) is 0 Å². The molecule has 1 unspecified atom stereocenters. The summed E-state index contributed by atoms with van der Waals surface area (Å²) in [4.78, 5) is 0. The summed E-state index contributed by atoms with van der Waals surface area (Å²) in [6.07, 6.45) is 6.49. The Hall–Kier alpha value is -1.22. The molecule has 18 heavy (non-hydrogen) atoms. The van der Waals surface area contributed by atoms with Gasteiger partial charge in [-0.3, -0.25) is 0 Å². The van der Waals surface area contributed by atoms with Crippen molar-refractivity contribution in [1.82, 2.24) is 5.32 Å². The van der Waals surface area contributed by atoms with Crippen molar-refractivity contribution in [3.63, 3.8) is 0 Å². The van der Waals surface area contributed by atoms with E-state index in [2.05, 4.69) is 17.4 Å². The van der Waals surface area contributed by atoms with Crippen LogP contribution in [0.25, 0.3) is 0 Å². The molecular formula is C15H23NO2. The number of nitrogens with one attached hydrogen (secondary N) is 1. The summed E-state index contributed by atoms with van der Waals surface area (Å²) in [6.45, 7) is 1.11. The molecule has 0 radical (unpaired) electrons. The van der Waals surface area contributed by atoms with Gasteiger partial charge in [0.2, 0.25) is 0 Å². The Morgan fingerprint density at radius 1 is 1.00 bits per heavy atom.